The maximum atomic E-state index is 12.4. The molecule has 1 saturated heterocycles. The van der Waals surface area contributed by atoms with Crippen molar-refractivity contribution in [3.8, 4) is 0 Å². The van der Waals surface area contributed by atoms with Crippen LogP contribution in [0.1, 0.15) is 19.3 Å². The fourth-order valence-corrected chi connectivity index (χ4v) is 2.86. The van der Waals surface area contributed by atoms with E-state index < -0.39 is 6.04 Å². The van der Waals surface area contributed by atoms with E-state index >= 15 is 0 Å². The topological polar surface area (TPSA) is 61.4 Å². The molecule has 118 valence electrons. The van der Waals surface area contributed by atoms with Crippen LogP contribution in [0.25, 0.3) is 0 Å². The molecule has 0 aromatic heterocycles. The van der Waals surface area contributed by atoms with E-state index in [1.54, 1.807) is 17.0 Å². The summed E-state index contributed by atoms with van der Waals surface area (Å²) in [7, 11) is 0. The van der Waals surface area contributed by atoms with E-state index in [0.29, 0.717) is 18.0 Å². The van der Waals surface area contributed by atoms with Gasteiger partial charge in [0.25, 0.3) is 0 Å². The Morgan fingerprint density at radius 2 is 2.14 bits per heavy atom. The molecule has 22 heavy (non-hydrogen) atoms. The zero-order valence-electron chi connectivity index (χ0n) is 12.3. The van der Waals surface area contributed by atoms with Crippen LogP contribution in [0.5, 0.6) is 0 Å². The van der Waals surface area contributed by atoms with Crippen LogP contribution >= 0.6 is 11.6 Å². The van der Waals surface area contributed by atoms with Crippen molar-refractivity contribution in [3.05, 3.63) is 29.3 Å². The van der Waals surface area contributed by atoms with Gasteiger partial charge in [-0.15, -0.1) is 0 Å². The minimum Gasteiger partial charge on any atom is -0.343 e. The Hall–Kier alpha value is -1.59. The molecule has 1 aliphatic carbocycles. The lowest BCUT2D eigenvalue weighted by molar-refractivity contribution is -0.125. The Labute approximate surface area is 135 Å². The molecule has 0 spiro atoms. The quantitative estimate of drug-likeness (QED) is 0.836. The van der Waals surface area contributed by atoms with E-state index in [1.165, 1.54) is 12.8 Å². The summed E-state index contributed by atoms with van der Waals surface area (Å²) in [6.45, 7) is 1.76. The SMILES string of the molecule is O=C(CNCC1CC1)NC1CCN(c2cccc(Cl)c2)C1=O. The number of anilines is 1. The molecule has 2 aliphatic rings. The number of nitrogens with one attached hydrogen (secondary N) is 2. The fraction of sp³-hybridized carbons (Fsp3) is 0.500. The molecule has 1 unspecified atom stereocenters. The first kappa shape index (κ1) is 15.3. The molecule has 2 fully saturated rings. The average Bonchev–Trinajstić information content (AvgIpc) is 3.24. The molecule has 2 N–H and O–H groups in total. The highest BCUT2D eigenvalue weighted by molar-refractivity contribution is 6.31. The van der Waals surface area contributed by atoms with Crippen LogP contribution < -0.4 is 15.5 Å². The Bertz CT molecular complexity index is 574. The summed E-state index contributed by atoms with van der Waals surface area (Å²) >= 11 is 5.96. The number of hydrogen-bond acceptors (Lipinski definition) is 3. The van der Waals surface area contributed by atoms with Gasteiger partial charge in [-0.25, -0.2) is 0 Å². The lowest BCUT2D eigenvalue weighted by Gasteiger charge is -2.17. The molecule has 5 nitrogen and oxygen atoms in total. The molecule has 0 bridgehead atoms. The van der Waals surface area contributed by atoms with Crippen LogP contribution in [0.2, 0.25) is 5.02 Å². The molecule has 1 aromatic rings. The average molecular weight is 322 g/mol. The molecule has 1 aromatic carbocycles. The minimum absolute atomic E-state index is 0.0715. The van der Waals surface area contributed by atoms with Gasteiger partial charge in [-0.1, -0.05) is 17.7 Å². The molecule has 2 amide bonds. The van der Waals surface area contributed by atoms with E-state index in [0.717, 1.165) is 18.2 Å². The Morgan fingerprint density at radius 3 is 2.86 bits per heavy atom. The highest BCUT2D eigenvalue weighted by Gasteiger charge is 2.33. The monoisotopic (exact) mass is 321 g/mol. The molecule has 1 atom stereocenters. The lowest BCUT2D eigenvalue weighted by atomic mass is 10.2. The van der Waals surface area contributed by atoms with Crippen molar-refractivity contribution in [2.75, 3.05) is 24.5 Å². The first-order valence-corrected chi connectivity index (χ1v) is 8.08. The summed E-state index contributed by atoms with van der Waals surface area (Å²) in [5, 5.41) is 6.54. The van der Waals surface area contributed by atoms with E-state index in [2.05, 4.69) is 10.6 Å². The second-order valence-electron chi connectivity index (χ2n) is 5.95. The van der Waals surface area contributed by atoms with Crippen LogP contribution in [-0.4, -0.2) is 37.5 Å². The first-order valence-electron chi connectivity index (χ1n) is 7.70. The van der Waals surface area contributed by atoms with Gasteiger partial charge in [0.2, 0.25) is 11.8 Å². The predicted octanol–water partition coefficient (Wildman–Crippen LogP) is 1.56. The van der Waals surface area contributed by atoms with Crippen molar-refractivity contribution < 1.29 is 9.59 Å². The molecule has 0 radical (unpaired) electrons. The van der Waals surface area contributed by atoms with Crippen molar-refractivity contribution in [1.82, 2.24) is 10.6 Å². The zero-order valence-corrected chi connectivity index (χ0v) is 13.1. The van der Waals surface area contributed by atoms with E-state index in [1.807, 2.05) is 12.1 Å². The van der Waals surface area contributed by atoms with E-state index in [4.69, 9.17) is 11.6 Å². The van der Waals surface area contributed by atoms with Crippen molar-refractivity contribution in [2.45, 2.75) is 25.3 Å². The molecule has 1 saturated carbocycles. The largest absolute Gasteiger partial charge is 0.343 e. The van der Waals surface area contributed by atoms with Crippen LogP contribution in [0.15, 0.2) is 24.3 Å². The van der Waals surface area contributed by atoms with Gasteiger partial charge in [0, 0.05) is 17.3 Å². The van der Waals surface area contributed by atoms with Crippen molar-refractivity contribution in [1.29, 1.82) is 0 Å². The molecular formula is C16H20ClN3O2. The summed E-state index contributed by atoms with van der Waals surface area (Å²) in [5.41, 5.74) is 0.779. The van der Waals surface area contributed by atoms with Gasteiger partial charge in [0.15, 0.2) is 0 Å². The second kappa shape index (κ2) is 6.67. The highest BCUT2D eigenvalue weighted by atomic mass is 35.5. The van der Waals surface area contributed by atoms with Gasteiger partial charge in [-0.3, -0.25) is 9.59 Å². The molecule has 6 heteroatoms. The molecular weight excluding hydrogens is 302 g/mol. The number of rotatable bonds is 6. The summed E-state index contributed by atoms with van der Waals surface area (Å²) in [5.74, 6) is 0.545. The smallest absolute Gasteiger partial charge is 0.249 e. The molecule has 3 rings (SSSR count). The summed E-state index contributed by atoms with van der Waals surface area (Å²) in [4.78, 5) is 25.9. The number of amides is 2. The fourth-order valence-electron chi connectivity index (χ4n) is 2.67. The van der Waals surface area contributed by atoms with Gasteiger partial charge in [-0.05, 0) is 49.9 Å². The van der Waals surface area contributed by atoms with Crippen LogP contribution in [0.4, 0.5) is 5.69 Å². The number of nitrogens with zero attached hydrogens (tertiary/aromatic N) is 1. The summed E-state index contributed by atoms with van der Waals surface area (Å²) in [6, 6.07) is 6.77. The van der Waals surface area contributed by atoms with Gasteiger partial charge in [-0.2, -0.15) is 0 Å². The van der Waals surface area contributed by atoms with Crippen LogP contribution in [0.3, 0.4) is 0 Å². The minimum atomic E-state index is -0.436. The first-order chi connectivity index (χ1) is 10.6. The molecule has 1 aliphatic heterocycles. The predicted molar refractivity (Wildman–Crippen MR) is 85.9 cm³/mol. The normalized spacial score (nSPS) is 21.2. The van der Waals surface area contributed by atoms with Crippen LogP contribution in [-0.2, 0) is 9.59 Å². The summed E-state index contributed by atoms with van der Waals surface area (Å²) < 4.78 is 0. The van der Waals surface area contributed by atoms with Gasteiger partial charge < -0.3 is 15.5 Å². The van der Waals surface area contributed by atoms with E-state index in [-0.39, 0.29) is 18.4 Å². The zero-order chi connectivity index (χ0) is 15.5. The van der Waals surface area contributed by atoms with Crippen molar-refractivity contribution >= 4 is 29.1 Å². The number of carbonyl (C=O) groups is 2. The van der Waals surface area contributed by atoms with Crippen molar-refractivity contribution in [3.63, 3.8) is 0 Å². The highest BCUT2D eigenvalue weighted by Crippen LogP contribution is 2.27. The number of hydrogen-bond donors (Lipinski definition) is 2. The maximum Gasteiger partial charge on any atom is 0.249 e. The van der Waals surface area contributed by atoms with Crippen molar-refractivity contribution in [2.24, 2.45) is 5.92 Å². The lowest BCUT2D eigenvalue weighted by Crippen LogP contribution is -2.45. The van der Waals surface area contributed by atoms with Gasteiger partial charge in [0.1, 0.15) is 6.04 Å². The van der Waals surface area contributed by atoms with Gasteiger partial charge in [0.05, 0.1) is 6.54 Å². The van der Waals surface area contributed by atoms with Gasteiger partial charge >= 0.3 is 0 Å². The Morgan fingerprint density at radius 1 is 1.32 bits per heavy atom. The number of benzene rings is 1. The maximum absolute atomic E-state index is 12.4. The third-order valence-corrected chi connectivity index (χ3v) is 4.31. The third-order valence-electron chi connectivity index (χ3n) is 4.08. The molecule has 1 heterocycles. The van der Waals surface area contributed by atoms with Crippen LogP contribution in [0, 0.1) is 5.92 Å². The standard InChI is InChI=1S/C16H20ClN3O2/c17-12-2-1-3-13(8-12)20-7-6-14(16(20)22)19-15(21)10-18-9-11-4-5-11/h1-3,8,11,14,18H,4-7,9-10H2,(H,19,21). The number of carbonyl (C=O) groups excluding carboxylic acids is 2. The Kier molecular flexibility index (Phi) is 4.64. The summed E-state index contributed by atoms with van der Waals surface area (Å²) in [6.07, 6.45) is 3.13. The number of halogens is 1. The Balaban J connectivity index is 1.50. The second-order valence-corrected chi connectivity index (χ2v) is 6.39. The third kappa shape index (κ3) is 3.78. The van der Waals surface area contributed by atoms with E-state index in [9.17, 15) is 9.59 Å².